The first-order valence-corrected chi connectivity index (χ1v) is 6.84. The lowest BCUT2D eigenvalue weighted by Crippen LogP contribution is -2.20. The van der Waals surface area contributed by atoms with Gasteiger partial charge in [0.15, 0.2) is 6.61 Å². The number of hydrogen-bond acceptors (Lipinski definition) is 3. The van der Waals surface area contributed by atoms with Crippen LogP contribution in [0, 0.1) is 6.92 Å². The molecular weight excluding hydrogens is 284 g/mol. The van der Waals surface area contributed by atoms with E-state index in [0.717, 1.165) is 5.56 Å². The van der Waals surface area contributed by atoms with Gasteiger partial charge >= 0.3 is 0 Å². The number of benzene rings is 2. The highest BCUT2D eigenvalue weighted by Crippen LogP contribution is 2.13. The predicted octanol–water partition coefficient (Wildman–Crippen LogP) is 2.65. The van der Waals surface area contributed by atoms with Crippen molar-refractivity contribution < 1.29 is 9.53 Å². The van der Waals surface area contributed by atoms with E-state index in [-0.39, 0.29) is 12.5 Å². The summed E-state index contributed by atoms with van der Waals surface area (Å²) in [5.74, 6) is 0.420. The van der Waals surface area contributed by atoms with E-state index in [1.165, 1.54) is 0 Å². The second-order valence-corrected chi connectivity index (χ2v) is 5.03. The molecule has 0 atom stereocenters. The van der Waals surface area contributed by atoms with Crippen LogP contribution in [0.25, 0.3) is 0 Å². The zero-order valence-corrected chi connectivity index (χ0v) is 12.4. The average Bonchev–Trinajstić information content (AvgIpc) is 2.47. The van der Waals surface area contributed by atoms with Crippen molar-refractivity contribution in [3.8, 4) is 5.75 Å². The molecule has 0 aliphatic rings. The van der Waals surface area contributed by atoms with Crippen LogP contribution in [-0.2, 0) is 4.79 Å². The van der Waals surface area contributed by atoms with Crippen molar-refractivity contribution in [2.45, 2.75) is 6.92 Å². The highest BCUT2D eigenvalue weighted by atomic mass is 32.1. The van der Waals surface area contributed by atoms with Gasteiger partial charge in [0.2, 0.25) is 0 Å². The van der Waals surface area contributed by atoms with Gasteiger partial charge in [0, 0.05) is 11.3 Å². The number of amides is 1. The molecule has 108 valence electrons. The Morgan fingerprint density at radius 2 is 1.95 bits per heavy atom. The van der Waals surface area contributed by atoms with E-state index in [9.17, 15) is 4.79 Å². The first-order chi connectivity index (χ1) is 10.0. The number of nitrogens with one attached hydrogen (secondary N) is 1. The van der Waals surface area contributed by atoms with Crippen LogP contribution >= 0.6 is 12.2 Å². The van der Waals surface area contributed by atoms with Gasteiger partial charge in [-0.3, -0.25) is 4.79 Å². The normalized spacial score (nSPS) is 9.95. The maximum absolute atomic E-state index is 11.8. The Hall–Kier alpha value is -2.40. The summed E-state index contributed by atoms with van der Waals surface area (Å²) in [6.45, 7) is 1.94. The Morgan fingerprint density at radius 3 is 2.62 bits per heavy atom. The molecule has 0 radical (unpaired) electrons. The number of nitrogens with two attached hydrogens (primary N) is 1. The highest BCUT2D eigenvalue weighted by Gasteiger charge is 2.05. The number of anilines is 1. The van der Waals surface area contributed by atoms with Crippen molar-refractivity contribution in [3.05, 3.63) is 59.7 Å². The zero-order valence-electron chi connectivity index (χ0n) is 11.6. The van der Waals surface area contributed by atoms with E-state index in [4.69, 9.17) is 22.7 Å². The molecule has 0 bridgehead atoms. The summed E-state index contributed by atoms with van der Waals surface area (Å²) in [5.41, 5.74) is 8.04. The fourth-order valence-corrected chi connectivity index (χ4v) is 1.86. The topological polar surface area (TPSA) is 64.3 Å². The molecule has 0 saturated heterocycles. The Kier molecular flexibility index (Phi) is 4.90. The molecule has 0 spiro atoms. The second kappa shape index (κ2) is 6.85. The third kappa shape index (κ3) is 4.57. The molecular formula is C16H16N2O2S. The van der Waals surface area contributed by atoms with E-state index in [1.807, 2.05) is 31.2 Å². The van der Waals surface area contributed by atoms with Gasteiger partial charge in [0.1, 0.15) is 10.7 Å². The number of carbonyl (C=O) groups is 1. The molecule has 0 saturated carbocycles. The Bertz CT molecular complexity index is 654. The third-order valence-electron chi connectivity index (χ3n) is 2.82. The van der Waals surface area contributed by atoms with Crippen LogP contribution in [0.3, 0.4) is 0 Å². The molecule has 2 aromatic carbocycles. The van der Waals surface area contributed by atoms with E-state index in [0.29, 0.717) is 22.0 Å². The Labute approximate surface area is 128 Å². The van der Waals surface area contributed by atoms with Crippen LogP contribution in [0.4, 0.5) is 5.69 Å². The number of thiocarbonyl (C=S) groups is 1. The number of rotatable bonds is 5. The molecule has 3 N–H and O–H groups in total. The second-order valence-electron chi connectivity index (χ2n) is 4.59. The monoisotopic (exact) mass is 300 g/mol. The summed E-state index contributed by atoms with van der Waals surface area (Å²) in [6, 6.07) is 14.6. The standard InChI is InChI=1S/C16H16N2O2S/c1-11-5-7-14(8-6-11)20-10-15(19)18-13-4-2-3-12(9-13)16(17)21/h2-9H,10H2,1H3,(H2,17,21)(H,18,19). The molecule has 0 fully saturated rings. The lowest BCUT2D eigenvalue weighted by molar-refractivity contribution is -0.118. The van der Waals surface area contributed by atoms with Gasteiger partial charge < -0.3 is 15.8 Å². The fourth-order valence-electron chi connectivity index (χ4n) is 1.73. The largest absolute Gasteiger partial charge is 0.484 e. The molecule has 2 aromatic rings. The fraction of sp³-hybridized carbons (Fsp3) is 0.125. The smallest absolute Gasteiger partial charge is 0.262 e. The van der Waals surface area contributed by atoms with Gasteiger partial charge in [0.05, 0.1) is 0 Å². The minimum Gasteiger partial charge on any atom is -0.484 e. The van der Waals surface area contributed by atoms with Crippen molar-refractivity contribution in [3.63, 3.8) is 0 Å². The molecule has 21 heavy (non-hydrogen) atoms. The van der Waals surface area contributed by atoms with E-state index < -0.39 is 0 Å². The summed E-state index contributed by atoms with van der Waals surface area (Å²) >= 11 is 4.90. The lowest BCUT2D eigenvalue weighted by atomic mass is 10.2. The first-order valence-electron chi connectivity index (χ1n) is 6.44. The van der Waals surface area contributed by atoms with E-state index >= 15 is 0 Å². The number of ether oxygens (including phenoxy) is 1. The number of hydrogen-bond donors (Lipinski definition) is 2. The van der Waals surface area contributed by atoms with E-state index in [1.54, 1.807) is 24.3 Å². The predicted molar refractivity (Wildman–Crippen MR) is 87.6 cm³/mol. The quantitative estimate of drug-likeness (QED) is 0.833. The SMILES string of the molecule is Cc1ccc(OCC(=O)Nc2cccc(C(N)=S)c2)cc1. The minimum absolute atomic E-state index is 0.0552. The van der Waals surface area contributed by atoms with Crippen molar-refractivity contribution in [1.29, 1.82) is 0 Å². The maximum Gasteiger partial charge on any atom is 0.262 e. The van der Waals surface area contributed by atoms with Crippen LogP contribution in [0.1, 0.15) is 11.1 Å². The third-order valence-corrected chi connectivity index (χ3v) is 3.06. The Morgan fingerprint density at radius 1 is 1.24 bits per heavy atom. The highest BCUT2D eigenvalue weighted by molar-refractivity contribution is 7.80. The lowest BCUT2D eigenvalue weighted by Gasteiger charge is -2.08. The molecule has 0 heterocycles. The van der Waals surface area contributed by atoms with Gasteiger partial charge in [-0.1, -0.05) is 42.0 Å². The minimum atomic E-state index is -0.240. The van der Waals surface area contributed by atoms with Gasteiger partial charge in [0.25, 0.3) is 5.91 Å². The van der Waals surface area contributed by atoms with Gasteiger partial charge in [-0.05, 0) is 31.2 Å². The zero-order chi connectivity index (χ0) is 15.2. The summed E-state index contributed by atoms with van der Waals surface area (Å²) in [4.78, 5) is 12.1. The molecule has 0 aromatic heterocycles. The van der Waals surface area contributed by atoms with Crippen molar-refractivity contribution in [2.75, 3.05) is 11.9 Å². The van der Waals surface area contributed by atoms with Crippen molar-refractivity contribution >= 4 is 28.8 Å². The first kappa shape index (κ1) is 15.0. The van der Waals surface area contributed by atoms with Crippen LogP contribution in [0.2, 0.25) is 0 Å². The summed E-state index contributed by atoms with van der Waals surface area (Å²) in [6.07, 6.45) is 0. The van der Waals surface area contributed by atoms with Crippen LogP contribution < -0.4 is 15.8 Å². The van der Waals surface area contributed by atoms with Gasteiger partial charge in [-0.15, -0.1) is 0 Å². The number of carbonyl (C=O) groups excluding carboxylic acids is 1. The molecule has 2 rings (SSSR count). The van der Waals surface area contributed by atoms with Crippen molar-refractivity contribution in [1.82, 2.24) is 0 Å². The van der Waals surface area contributed by atoms with Gasteiger partial charge in [-0.2, -0.15) is 0 Å². The van der Waals surface area contributed by atoms with Crippen LogP contribution in [0.15, 0.2) is 48.5 Å². The van der Waals surface area contributed by atoms with Crippen LogP contribution in [-0.4, -0.2) is 17.5 Å². The summed E-state index contributed by atoms with van der Waals surface area (Å²) in [5, 5.41) is 2.74. The molecule has 0 aliphatic carbocycles. The molecule has 0 aliphatic heterocycles. The summed E-state index contributed by atoms with van der Waals surface area (Å²) < 4.78 is 5.41. The molecule has 4 nitrogen and oxygen atoms in total. The van der Waals surface area contributed by atoms with E-state index in [2.05, 4.69) is 5.32 Å². The van der Waals surface area contributed by atoms with Crippen molar-refractivity contribution in [2.24, 2.45) is 5.73 Å². The molecule has 1 amide bonds. The molecule has 5 heteroatoms. The Balaban J connectivity index is 1.91. The maximum atomic E-state index is 11.8. The number of aryl methyl sites for hydroxylation is 1. The average molecular weight is 300 g/mol. The van der Waals surface area contributed by atoms with Gasteiger partial charge in [-0.25, -0.2) is 0 Å². The molecule has 0 unspecified atom stereocenters. The summed E-state index contributed by atoms with van der Waals surface area (Å²) in [7, 11) is 0. The van der Waals surface area contributed by atoms with Crippen LogP contribution in [0.5, 0.6) is 5.75 Å².